The van der Waals surface area contributed by atoms with E-state index in [1.165, 1.54) is 0 Å². The quantitative estimate of drug-likeness (QED) is 0.634. The van der Waals surface area contributed by atoms with Gasteiger partial charge in [-0.1, -0.05) is 6.08 Å². The Kier molecular flexibility index (Phi) is 5.62. The van der Waals surface area contributed by atoms with Crippen LogP contribution in [-0.4, -0.2) is 44.0 Å². The Morgan fingerprint density at radius 3 is 2.52 bits per heavy atom. The Morgan fingerprint density at radius 2 is 1.91 bits per heavy atom. The maximum Gasteiger partial charge on any atom is 0.232 e. The van der Waals surface area contributed by atoms with E-state index in [2.05, 4.69) is 11.9 Å². The molecule has 0 fully saturated rings. The summed E-state index contributed by atoms with van der Waals surface area (Å²) in [4.78, 5) is 25.6. The zero-order valence-corrected chi connectivity index (χ0v) is 13.6. The van der Waals surface area contributed by atoms with Crippen molar-refractivity contribution < 1.29 is 19.1 Å². The smallest absolute Gasteiger partial charge is 0.232 e. The number of amides is 2. The summed E-state index contributed by atoms with van der Waals surface area (Å²) in [7, 11) is 3.19. The van der Waals surface area contributed by atoms with Crippen LogP contribution in [0.25, 0.3) is 0 Å². The third-order valence-electron chi connectivity index (χ3n) is 3.83. The van der Waals surface area contributed by atoms with Gasteiger partial charge in [-0.2, -0.15) is 0 Å². The van der Waals surface area contributed by atoms with Gasteiger partial charge in [-0.3, -0.25) is 9.59 Å². The second-order valence-corrected chi connectivity index (χ2v) is 5.31. The Morgan fingerprint density at radius 1 is 1.26 bits per heavy atom. The third-order valence-corrected chi connectivity index (χ3v) is 3.83. The summed E-state index contributed by atoms with van der Waals surface area (Å²) in [5.74, 6) is 0.874. The molecule has 1 N–H and O–H groups in total. The third kappa shape index (κ3) is 4.03. The van der Waals surface area contributed by atoms with Crippen molar-refractivity contribution in [3.05, 3.63) is 35.9 Å². The zero-order chi connectivity index (χ0) is 16.8. The van der Waals surface area contributed by atoms with Gasteiger partial charge in [-0.25, -0.2) is 0 Å². The number of carbonyl (C=O) groups is 2. The van der Waals surface area contributed by atoms with Crippen LogP contribution in [0.2, 0.25) is 0 Å². The Bertz CT molecular complexity index is 613. The molecule has 0 radical (unpaired) electrons. The number of ether oxygens (including phenoxy) is 2. The van der Waals surface area contributed by atoms with Gasteiger partial charge in [-0.05, 0) is 29.7 Å². The molecule has 2 amide bonds. The maximum atomic E-state index is 12.2. The number of hydrogen-bond donors (Lipinski definition) is 1. The molecule has 0 unspecified atom stereocenters. The molecule has 1 aliphatic heterocycles. The van der Waals surface area contributed by atoms with E-state index < -0.39 is 0 Å². The average Bonchev–Trinajstić information content (AvgIpc) is 2.57. The average molecular weight is 318 g/mol. The van der Waals surface area contributed by atoms with Crippen molar-refractivity contribution in [2.75, 3.05) is 27.3 Å². The largest absolute Gasteiger partial charge is 0.493 e. The Hall–Kier alpha value is -2.50. The van der Waals surface area contributed by atoms with E-state index in [-0.39, 0.29) is 18.2 Å². The number of nitrogens with one attached hydrogen (secondary N) is 1. The van der Waals surface area contributed by atoms with Gasteiger partial charge in [-0.15, -0.1) is 6.58 Å². The van der Waals surface area contributed by atoms with Crippen LogP contribution in [0.1, 0.15) is 17.5 Å². The van der Waals surface area contributed by atoms with Crippen LogP contribution in [0.3, 0.4) is 0 Å². The van der Waals surface area contributed by atoms with Crippen molar-refractivity contribution >= 4 is 11.8 Å². The number of hydrogen-bond acceptors (Lipinski definition) is 4. The van der Waals surface area contributed by atoms with Gasteiger partial charge in [0.15, 0.2) is 11.5 Å². The number of methoxy groups -OCH3 is 2. The van der Waals surface area contributed by atoms with E-state index in [1.54, 1.807) is 25.2 Å². The van der Waals surface area contributed by atoms with Gasteiger partial charge >= 0.3 is 0 Å². The topological polar surface area (TPSA) is 67.9 Å². The Balaban J connectivity index is 2.06. The van der Waals surface area contributed by atoms with Crippen LogP contribution in [-0.2, 0) is 22.6 Å². The van der Waals surface area contributed by atoms with Gasteiger partial charge in [0.1, 0.15) is 6.42 Å². The van der Waals surface area contributed by atoms with Crippen LogP contribution in [0.15, 0.2) is 24.8 Å². The number of rotatable bonds is 6. The van der Waals surface area contributed by atoms with Crippen molar-refractivity contribution in [2.24, 2.45) is 0 Å². The van der Waals surface area contributed by atoms with Gasteiger partial charge in [0, 0.05) is 19.6 Å². The van der Waals surface area contributed by atoms with Crippen LogP contribution in [0.4, 0.5) is 0 Å². The molecule has 2 rings (SSSR count). The number of fused-ring (bicyclic) bond motifs is 1. The molecule has 1 heterocycles. The number of nitrogens with zero attached hydrogens (tertiary/aromatic N) is 1. The fraction of sp³-hybridized carbons (Fsp3) is 0.412. The first-order chi connectivity index (χ1) is 11.1. The molecule has 0 saturated carbocycles. The highest BCUT2D eigenvalue weighted by Crippen LogP contribution is 2.33. The summed E-state index contributed by atoms with van der Waals surface area (Å²) in [5.41, 5.74) is 2.16. The van der Waals surface area contributed by atoms with Crippen LogP contribution < -0.4 is 14.8 Å². The highest BCUT2D eigenvalue weighted by atomic mass is 16.5. The van der Waals surface area contributed by atoms with Gasteiger partial charge in [0.2, 0.25) is 11.8 Å². The summed E-state index contributed by atoms with van der Waals surface area (Å²) in [6.07, 6.45) is 2.17. The standard InChI is InChI=1S/C17H22N2O4/c1-4-6-18-16(20)10-17(21)19-7-5-12-8-14(22-2)15(23-3)9-13(12)11-19/h4,8-9H,1,5-7,10-11H2,2-3H3,(H,18,20). The first kappa shape index (κ1) is 16.9. The van der Waals surface area contributed by atoms with E-state index in [4.69, 9.17) is 9.47 Å². The van der Waals surface area contributed by atoms with E-state index in [1.807, 2.05) is 12.1 Å². The van der Waals surface area contributed by atoms with Crippen LogP contribution >= 0.6 is 0 Å². The summed E-state index contributed by atoms with van der Waals surface area (Å²) < 4.78 is 10.6. The molecule has 0 aliphatic carbocycles. The summed E-state index contributed by atoms with van der Waals surface area (Å²) in [5, 5.41) is 2.61. The lowest BCUT2D eigenvalue weighted by Gasteiger charge is -2.29. The zero-order valence-electron chi connectivity index (χ0n) is 13.6. The molecule has 1 aromatic carbocycles. The molecular weight excluding hydrogens is 296 g/mol. The Labute approximate surface area is 136 Å². The minimum Gasteiger partial charge on any atom is -0.493 e. The maximum absolute atomic E-state index is 12.2. The minimum absolute atomic E-state index is 0.142. The van der Waals surface area contributed by atoms with Crippen molar-refractivity contribution in [1.82, 2.24) is 10.2 Å². The minimum atomic E-state index is -0.284. The second-order valence-electron chi connectivity index (χ2n) is 5.31. The second kappa shape index (κ2) is 7.67. The van der Waals surface area contributed by atoms with Crippen LogP contribution in [0.5, 0.6) is 11.5 Å². The van der Waals surface area contributed by atoms with E-state index in [0.29, 0.717) is 31.1 Å². The first-order valence-corrected chi connectivity index (χ1v) is 7.48. The predicted octanol–water partition coefficient (Wildman–Crippen LogP) is 1.28. The number of benzene rings is 1. The van der Waals surface area contributed by atoms with Gasteiger partial charge in [0.05, 0.1) is 14.2 Å². The summed E-state index contributed by atoms with van der Waals surface area (Å²) in [6.45, 7) is 4.96. The first-order valence-electron chi connectivity index (χ1n) is 7.48. The molecule has 1 aliphatic rings. The molecule has 0 aromatic heterocycles. The molecule has 6 nitrogen and oxygen atoms in total. The van der Waals surface area contributed by atoms with Gasteiger partial charge in [0.25, 0.3) is 0 Å². The van der Waals surface area contributed by atoms with Crippen molar-refractivity contribution in [2.45, 2.75) is 19.4 Å². The lowest BCUT2D eigenvalue weighted by atomic mass is 9.98. The van der Waals surface area contributed by atoms with Crippen molar-refractivity contribution in [1.29, 1.82) is 0 Å². The number of carbonyl (C=O) groups excluding carboxylic acids is 2. The van der Waals surface area contributed by atoms with Gasteiger partial charge < -0.3 is 19.7 Å². The van der Waals surface area contributed by atoms with E-state index in [0.717, 1.165) is 17.5 Å². The molecule has 0 bridgehead atoms. The normalized spacial score (nSPS) is 13.0. The van der Waals surface area contributed by atoms with Crippen LogP contribution in [0, 0.1) is 0 Å². The fourth-order valence-corrected chi connectivity index (χ4v) is 2.59. The van der Waals surface area contributed by atoms with E-state index >= 15 is 0 Å². The molecule has 0 atom stereocenters. The summed E-state index contributed by atoms with van der Waals surface area (Å²) >= 11 is 0. The highest BCUT2D eigenvalue weighted by molar-refractivity contribution is 5.97. The highest BCUT2D eigenvalue weighted by Gasteiger charge is 2.24. The molecule has 6 heteroatoms. The summed E-state index contributed by atoms with van der Waals surface area (Å²) in [6, 6.07) is 3.85. The van der Waals surface area contributed by atoms with Crippen molar-refractivity contribution in [3.63, 3.8) is 0 Å². The molecule has 1 aromatic rings. The molecule has 124 valence electrons. The lowest BCUT2D eigenvalue weighted by Crippen LogP contribution is -2.39. The molecular formula is C17H22N2O4. The fourth-order valence-electron chi connectivity index (χ4n) is 2.59. The SMILES string of the molecule is C=CCNC(=O)CC(=O)N1CCc2cc(OC)c(OC)cc2C1. The monoisotopic (exact) mass is 318 g/mol. The predicted molar refractivity (Wildman–Crippen MR) is 86.5 cm³/mol. The van der Waals surface area contributed by atoms with E-state index in [9.17, 15) is 9.59 Å². The van der Waals surface area contributed by atoms with Crippen molar-refractivity contribution in [3.8, 4) is 11.5 Å². The molecule has 0 saturated heterocycles. The lowest BCUT2D eigenvalue weighted by molar-refractivity contribution is -0.136. The molecule has 0 spiro atoms. The molecule has 23 heavy (non-hydrogen) atoms.